The quantitative estimate of drug-likeness (QED) is 0.290. The lowest BCUT2D eigenvalue weighted by Crippen LogP contribution is -2.31. The van der Waals surface area contributed by atoms with Gasteiger partial charge in [-0.3, -0.25) is 14.9 Å². The fourth-order valence-electron chi connectivity index (χ4n) is 2.51. The number of nitrogens with two attached hydrogens (primary N) is 1. The predicted molar refractivity (Wildman–Crippen MR) is 99.7 cm³/mol. The van der Waals surface area contributed by atoms with Gasteiger partial charge in [0.25, 0.3) is 11.2 Å². The molecule has 11 heteroatoms. The molecule has 2 amide bonds. The highest BCUT2D eigenvalue weighted by Crippen LogP contribution is 2.20. The summed E-state index contributed by atoms with van der Waals surface area (Å²) < 4.78 is 0. The largest absolute Gasteiger partial charge is 0.382 e. The molecule has 0 aliphatic carbocycles. The summed E-state index contributed by atoms with van der Waals surface area (Å²) in [6.45, 7) is 0. The summed E-state index contributed by atoms with van der Waals surface area (Å²) in [5.41, 5.74) is 6.28. The van der Waals surface area contributed by atoms with Crippen molar-refractivity contribution in [3.63, 3.8) is 0 Å². The number of H-pyrrole nitrogens is 1. The summed E-state index contributed by atoms with van der Waals surface area (Å²) in [5.74, 6) is 0. The highest BCUT2D eigenvalue weighted by molar-refractivity contribution is 6.03. The highest BCUT2D eigenvalue weighted by Gasteiger charge is 2.23. The lowest BCUT2D eigenvalue weighted by Gasteiger charge is -2.13. The van der Waals surface area contributed by atoms with E-state index in [9.17, 15) is 24.8 Å². The average Bonchev–Trinajstić information content (AvgIpc) is 2.68. The Hall–Kier alpha value is -4.12. The minimum atomic E-state index is -1.39. The van der Waals surface area contributed by atoms with Gasteiger partial charge in [-0.25, -0.2) is 15.2 Å². The number of nitrogens with one attached hydrogen (secondary N) is 2. The van der Waals surface area contributed by atoms with Crippen molar-refractivity contribution in [2.45, 2.75) is 6.10 Å². The van der Waals surface area contributed by atoms with E-state index in [0.717, 1.165) is 0 Å². The van der Waals surface area contributed by atoms with E-state index < -0.39 is 22.6 Å². The van der Waals surface area contributed by atoms with Crippen molar-refractivity contribution >= 4 is 28.5 Å². The molecule has 0 spiro atoms. The van der Waals surface area contributed by atoms with Crippen LogP contribution in [0.25, 0.3) is 11.0 Å². The number of nitro benzene ring substituents is 1. The fraction of sp³-hybridized carbons (Fsp3) is 0.0588. The third-order valence-corrected chi connectivity index (χ3v) is 3.79. The van der Waals surface area contributed by atoms with Gasteiger partial charge in [0.15, 0.2) is 5.69 Å². The molecule has 0 saturated carbocycles. The number of aromatic nitrogens is 2. The van der Waals surface area contributed by atoms with Gasteiger partial charge < -0.3 is 15.8 Å². The molecule has 0 aliphatic heterocycles. The van der Waals surface area contributed by atoms with Crippen LogP contribution < -0.4 is 16.7 Å². The molecule has 2 aromatic carbocycles. The number of nitrogens with zero attached hydrogens (tertiary/aromatic N) is 3. The number of urea groups is 1. The number of benzene rings is 2. The van der Waals surface area contributed by atoms with E-state index >= 15 is 0 Å². The van der Waals surface area contributed by atoms with Crippen LogP contribution in [0, 0.1) is 10.1 Å². The minimum Gasteiger partial charge on any atom is -0.382 e. The smallest absolute Gasteiger partial charge is 0.332 e. The Labute approximate surface area is 156 Å². The first-order valence-electron chi connectivity index (χ1n) is 7.91. The van der Waals surface area contributed by atoms with Crippen LogP contribution in [0.1, 0.15) is 17.4 Å². The highest BCUT2D eigenvalue weighted by atomic mass is 16.6. The van der Waals surface area contributed by atoms with Crippen LogP contribution in [-0.4, -0.2) is 31.7 Å². The molecule has 28 heavy (non-hydrogen) atoms. The van der Waals surface area contributed by atoms with Gasteiger partial charge in [-0.15, -0.1) is 0 Å². The maximum absolute atomic E-state index is 12.5. The summed E-state index contributed by atoms with van der Waals surface area (Å²) >= 11 is 0. The minimum absolute atomic E-state index is 0.138. The lowest BCUT2D eigenvalue weighted by molar-refractivity contribution is -0.384. The van der Waals surface area contributed by atoms with Gasteiger partial charge >= 0.3 is 6.03 Å². The van der Waals surface area contributed by atoms with Crippen molar-refractivity contribution < 1.29 is 14.8 Å². The Morgan fingerprint density at radius 3 is 2.64 bits per heavy atom. The van der Waals surface area contributed by atoms with E-state index in [2.05, 4.69) is 15.1 Å². The van der Waals surface area contributed by atoms with Crippen LogP contribution in [0.4, 0.5) is 10.5 Å². The van der Waals surface area contributed by atoms with Gasteiger partial charge in [-0.05, 0) is 11.6 Å². The molecule has 0 radical (unpaired) electrons. The third kappa shape index (κ3) is 3.83. The van der Waals surface area contributed by atoms with E-state index in [1.165, 1.54) is 18.2 Å². The second-order valence-electron chi connectivity index (χ2n) is 5.66. The number of aliphatic hydroxyl groups is 1. The Morgan fingerprint density at radius 1 is 1.29 bits per heavy atom. The molecule has 0 aliphatic rings. The second kappa shape index (κ2) is 7.63. The van der Waals surface area contributed by atoms with Crippen LogP contribution >= 0.6 is 0 Å². The molecule has 0 fully saturated rings. The third-order valence-electron chi connectivity index (χ3n) is 3.79. The molecule has 1 unspecified atom stereocenters. The van der Waals surface area contributed by atoms with Gasteiger partial charge in [0.05, 0.1) is 16.0 Å². The molecule has 3 rings (SSSR count). The number of aromatic amines is 1. The molecule has 1 aromatic heterocycles. The van der Waals surface area contributed by atoms with Gasteiger partial charge in [0.1, 0.15) is 11.8 Å². The van der Waals surface area contributed by atoms with Crippen LogP contribution in [0.3, 0.4) is 0 Å². The molecule has 0 bridgehead atoms. The maximum Gasteiger partial charge on any atom is 0.332 e. The number of carbonyl (C=O) groups is 1. The van der Waals surface area contributed by atoms with E-state index in [0.29, 0.717) is 5.56 Å². The zero-order valence-electron chi connectivity index (χ0n) is 14.2. The first-order valence-corrected chi connectivity index (χ1v) is 7.91. The summed E-state index contributed by atoms with van der Waals surface area (Å²) in [6, 6.07) is 11.0. The molecule has 5 N–H and O–H groups in total. The predicted octanol–water partition coefficient (Wildman–Crippen LogP) is 0.937. The molecular formula is C17H14N6O5. The van der Waals surface area contributed by atoms with Crippen molar-refractivity contribution in [3.05, 3.63) is 80.3 Å². The van der Waals surface area contributed by atoms with E-state index in [4.69, 9.17) is 5.73 Å². The molecular weight excluding hydrogens is 368 g/mol. The van der Waals surface area contributed by atoms with E-state index in [1.54, 1.807) is 30.3 Å². The number of rotatable bonds is 5. The number of hydrazone groups is 1. The topological polar surface area (TPSA) is 177 Å². The van der Waals surface area contributed by atoms with E-state index in [-0.39, 0.29) is 28.1 Å². The van der Waals surface area contributed by atoms with Crippen molar-refractivity contribution in [1.29, 1.82) is 0 Å². The van der Waals surface area contributed by atoms with Gasteiger partial charge in [0.2, 0.25) is 0 Å². The summed E-state index contributed by atoms with van der Waals surface area (Å²) in [4.78, 5) is 40.5. The van der Waals surface area contributed by atoms with Crippen LogP contribution in [-0.2, 0) is 0 Å². The Balaban J connectivity index is 2.15. The van der Waals surface area contributed by atoms with Gasteiger partial charge in [-0.2, -0.15) is 5.10 Å². The maximum atomic E-state index is 12.5. The molecule has 1 atom stereocenters. The first-order chi connectivity index (χ1) is 13.4. The fourth-order valence-corrected chi connectivity index (χ4v) is 2.51. The second-order valence-corrected chi connectivity index (χ2v) is 5.66. The number of primary amides is 1. The molecule has 11 nitrogen and oxygen atoms in total. The van der Waals surface area contributed by atoms with Gasteiger partial charge in [0, 0.05) is 12.1 Å². The van der Waals surface area contributed by atoms with Crippen LogP contribution in [0.5, 0.6) is 0 Å². The van der Waals surface area contributed by atoms with E-state index in [1.807, 2.05) is 5.43 Å². The Kier molecular flexibility index (Phi) is 5.09. The average molecular weight is 382 g/mol. The number of fused-ring (bicyclic) bond motifs is 1. The zero-order valence-corrected chi connectivity index (χ0v) is 14.2. The molecule has 0 saturated heterocycles. The number of hydrogen-bond acceptors (Lipinski definition) is 7. The monoisotopic (exact) mass is 382 g/mol. The SMILES string of the molecule is NC(=O)N/N=C(\c1nc2ccc([N+](=O)[O-])cc2[nH]c1=O)C(O)c1ccccc1. The Bertz CT molecular complexity index is 1140. The van der Waals surface area contributed by atoms with Gasteiger partial charge in [-0.1, -0.05) is 30.3 Å². The summed E-state index contributed by atoms with van der Waals surface area (Å²) in [7, 11) is 0. The van der Waals surface area contributed by atoms with Crippen molar-refractivity contribution in [2.24, 2.45) is 10.8 Å². The van der Waals surface area contributed by atoms with Crippen molar-refractivity contribution in [3.8, 4) is 0 Å². The number of amides is 2. The van der Waals surface area contributed by atoms with Crippen molar-refractivity contribution in [2.75, 3.05) is 0 Å². The first kappa shape index (κ1) is 18.7. The molecule has 3 aromatic rings. The number of nitro groups is 1. The zero-order chi connectivity index (χ0) is 20.3. The summed E-state index contributed by atoms with van der Waals surface area (Å²) in [6.07, 6.45) is -1.39. The van der Waals surface area contributed by atoms with Crippen LogP contribution in [0.15, 0.2) is 58.4 Å². The summed E-state index contributed by atoms with van der Waals surface area (Å²) in [5, 5.41) is 25.3. The number of hydrogen-bond donors (Lipinski definition) is 4. The standard InChI is InChI=1S/C17H14N6O5/c18-17(26)22-21-13(15(24)9-4-2-1-3-5-9)14-16(25)20-12-8-10(23(27)28)6-7-11(12)19-14/h1-8,15,24H,(H,20,25)(H3,18,22,26)/b21-13+. The lowest BCUT2D eigenvalue weighted by atomic mass is 10.0. The Morgan fingerprint density at radius 2 is 2.00 bits per heavy atom. The molecule has 1 heterocycles. The van der Waals surface area contributed by atoms with Crippen LogP contribution in [0.2, 0.25) is 0 Å². The normalized spacial score (nSPS) is 12.5. The van der Waals surface area contributed by atoms with Crippen molar-refractivity contribution in [1.82, 2.24) is 15.4 Å². The number of carbonyl (C=O) groups excluding carboxylic acids is 1. The molecule has 142 valence electrons. The number of non-ortho nitro benzene ring substituents is 1. The number of aliphatic hydroxyl groups excluding tert-OH is 1.